The van der Waals surface area contributed by atoms with E-state index in [4.69, 9.17) is 9.15 Å². The first-order valence-corrected chi connectivity index (χ1v) is 13.2. The van der Waals surface area contributed by atoms with Gasteiger partial charge < -0.3 is 14.1 Å². The minimum atomic E-state index is -0.556. The third kappa shape index (κ3) is 4.18. The molecule has 3 aromatic rings. The Labute approximate surface area is 205 Å². The maximum absolute atomic E-state index is 13.6. The summed E-state index contributed by atoms with van der Waals surface area (Å²) in [5.74, 6) is 1.77. The molecule has 3 aromatic heterocycles. The lowest BCUT2D eigenvalue weighted by atomic mass is 9.99. The molecule has 0 saturated carbocycles. The van der Waals surface area contributed by atoms with Crippen LogP contribution < -0.4 is 19.8 Å². The molecule has 5 rings (SSSR count). The molecule has 1 atom stereocenters. The first-order chi connectivity index (χ1) is 16.5. The molecule has 2 aliphatic heterocycles. The normalized spacial score (nSPS) is 19.3. The lowest BCUT2D eigenvalue weighted by molar-refractivity contribution is -0.139. The van der Waals surface area contributed by atoms with Gasteiger partial charge in [-0.15, -0.1) is 11.3 Å². The molecule has 178 valence electrons. The van der Waals surface area contributed by atoms with Crippen LogP contribution in [-0.2, 0) is 9.53 Å². The largest absolute Gasteiger partial charge is 0.463 e. The molecule has 0 aromatic carbocycles. The molecule has 1 saturated heterocycles. The lowest BCUT2D eigenvalue weighted by Gasteiger charge is -2.29. The molecular weight excluding hydrogens is 470 g/mol. The predicted molar refractivity (Wildman–Crippen MR) is 134 cm³/mol. The summed E-state index contributed by atoms with van der Waals surface area (Å²) in [6.07, 6.45) is 4.08. The van der Waals surface area contributed by atoms with Gasteiger partial charge in [-0.2, -0.15) is 0 Å². The minimum Gasteiger partial charge on any atom is -0.463 e. The van der Waals surface area contributed by atoms with E-state index in [2.05, 4.69) is 16.8 Å². The van der Waals surface area contributed by atoms with Gasteiger partial charge in [0.05, 0.1) is 22.4 Å². The van der Waals surface area contributed by atoms with E-state index < -0.39 is 12.0 Å². The Morgan fingerprint density at radius 3 is 2.79 bits per heavy atom. The van der Waals surface area contributed by atoms with Crippen LogP contribution in [0, 0.1) is 5.92 Å². The zero-order valence-electron chi connectivity index (χ0n) is 19.4. The van der Waals surface area contributed by atoms with Gasteiger partial charge in [0.25, 0.3) is 5.56 Å². The van der Waals surface area contributed by atoms with Crippen molar-refractivity contribution in [1.82, 2.24) is 4.57 Å². The van der Waals surface area contributed by atoms with E-state index in [1.807, 2.05) is 29.6 Å². The van der Waals surface area contributed by atoms with E-state index in [1.54, 1.807) is 24.5 Å². The summed E-state index contributed by atoms with van der Waals surface area (Å²) in [4.78, 5) is 34.7. The Balaban J connectivity index is 1.55. The molecule has 34 heavy (non-hydrogen) atoms. The Kier molecular flexibility index (Phi) is 6.31. The standard InChI is InChI=1S/C25H27N3O4S2/c1-4-31-24(30)21-16(3)26-25-28(22(21)18-6-5-13-33-18)23(29)19(34-25)14-17-7-8-20(32-17)27-11-9-15(2)10-12-27/h5-8,13-15,22H,4,9-12H2,1-3H3/b19-14+/t22-/m1/s1. The van der Waals surface area contributed by atoms with E-state index in [1.165, 1.54) is 22.7 Å². The highest BCUT2D eigenvalue weighted by Gasteiger charge is 2.34. The maximum atomic E-state index is 13.6. The first kappa shape index (κ1) is 22.9. The number of ether oxygens (including phenoxy) is 1. The van der Waals surface area contributed by atoms with Gasteiger partial charge >= 0.3 is 5.97 Å². The molecule has 7 nitrogen and oxygen atoms in total. The third-order valence-electron chi connectivity index (χ3n) is 6.31. The second-order valence-electron chi connectivity index (χ2n) is 8.66. The Morgan fingerprint density at radius 2 is 2.09 bits per heavy atom. The van der Waals surface area contributed by atoms with Crippen LogP contribution in [0.3, 0.4) is 0 Å². The number of fused-ring (bicyclic) bond motifs is 1. The van der Waals surface area contributed by atoms with E-state index >= 15 is 0 Å². The highest BCUT2D eigenvalue weighted by Crippen LogP contribution is 2.33. The van der Waals surface area contributed by atoms with Gasteiger partial charge in [-0.1, -0.05) is 24.3 Å². The number of piperidine rings is 1. The molecule has 0 unspecified atom stereocenters. The first-order valence-electron chi connectivity index (χ1n) is 11.5. The maximum Gasteiger partial charge on any atom is 0.338 e. The molecule has 1 fully saturated rings. The molecule has 9 heteroatoms. The molecule has 0 bridgehead atoms. The molecule has 0 amide bonds. The van der Waals surface area contributed by atoms with Crippen LogP contribution >= 0.6 is 22.7 Å². The molecule has 0 aliphatic carbocycles. The number of hydrogen-bond acceptors (Lipinski definition) is 8. The summed E-state index contributed by atoms with van der Waals surface area (Å²) in [5.41, 5.74) is 0.785. The summed E-state index contributed by atoms with van der Waals surface area (Å²) in [5, 5.41) is 1.94. The summed E-state index contributed by atoms with van der Waals surface area (Å²) in [6.45, 7) is 8.06. The molecule has 0 N–H and O–H groups in total. The Bertz CT molecular complexity index is 1400. The van der Waals surface area contributed by atoms with E-state index in [0.29, 0.717) is 26.4 Å². The summed E-state index contributed by atoms with van der Waals surface area (Å²) >= 11 is 2.81. The number of rotatable bonds is 5. The van der Waals surface area contributed by atoms with Gasteiger partial charge in [0.1, 0.15) is 11.8 Å². The number of thiazole rings is 1. The SMILES string of the molecule is CCOC(=O)C1=C(C)N=c2s/c(=C/c3ccc(N4CCC(C)CC4)o3)c(=O)n2[C@@H]1c1cccs1. The van der Waals surface area contributed by atoms with Gasteiger partial charge in [-0.25, -0.2) is 9.79 Å². The summed E-state index contributed by atoms with van der Waals surface area (Å²) in [6, 6.07) is 7.16. The molecule has 0 radical (unpaired) electrons. The number of aromatic nitrogens is 1. The van der Waals surface area contributed by atoms with Gasteiger partial charge in [-0.3, -0.25) is 9.36 Å². The second-order valence-corrected chi connectivity index (χ2v) is 10.7. The van der Waals surface area contributed by atoms with Crippen LogP contribution in [0.4, 0.5) is 5.88 Å². The number of esters is 1. The number of carbonyl (C=O) groups excluding carboxylic acids is 1. The highest BCUT2D eigenvalue weighted by atomic mass is 32.1. The van der Waals surface area contributed by atoms with Crippen molar-refractivity contribution in [2.24, 2.45) is 10.9 Å². The quantitative estimate of drug-likeness (QED) is 0.503. The number of hydrogen-bond donors (Lipinski definition) is 0. The van der Waals surface area contributed by atoms with Crippen LogP contribution in [0.1, 0.15) is 50.3 Å². The average Bonchev–Trinajstić information content (AvgIpc) is 3.56. The fourth-order valence-electron chi connectivity index (χ4n) is 4.46. The van der Waals surface area contributed by atoms with Crippen LogP contribution in [0.25, 0.3) is 6.08 Å². The number of allylic oxidation sites excluding steroid dienone is 1. The number of nitrogens with zero attached hydrogens (tertiary/aromatic N) is 3. The summed E-state index contributed by atoms with van der Waals surface area (Å²) in [7, 11) is 0. The second kappa shape index (κ2) is 9.38. The van der Waals surface area contributed by atoms with Crippen LogP contribution in [0.5, 0.6) is 0 Å². The smallest absolute Gasteiger partial charge is 0.338 e. The van der Waals surface area contributed by atoms with Gasteiger partial charge in [-0.05, 0) is 50.1 Å². The number of furan rings is 1. The van der Waals surface area contributed by atoms with Gasteiger partial charge in [0.2, 0.25) is 0 Å². The van der Waals surface area contributed by atoms with Crippen molar-refractivity contribution in [2.75, 3.05) is 24.6 Å². The molecule has 2 aliphatic rings. The number of anilines is 1. The van der Waals surface area contributed by atoms with Crippen LogP contribution in [-0.4, -0.2) is 30.2 Å². The van der Waals surface area contributed by atoms with Crippen molar-refractivity contribution >= 4 is 40.6 Å². The van der Waals surface area contributed by atoms with E-state index in [9.17, 15) is 9.59 Å². The third-order valence-corrected chi connectivity index (χ3v) is 8.22. The molecule has 0 spiro atoms. The number of thiophene rings is 1. The van der Waals surface area contributed by atoms with Crippen molar-refractivity contribution < 1.29 is 13.9 Å². The van der Waals surface area contributed by atoms with Crippen LogP contribution in [0.15, 0.2) is 55.1 Å². The van der Waals surface area contributed by atoms with Crippen molar-refractivity contribution in [2.45, 2.75) is 39.7 Å². The van der Waals surface area contributed by atoms with Gasteiger partial charge in [0, 0.05) is 30.1 Å². The van der Waals surface area contributed by atoms with Gasteiger partial charge in [0.15, 0.2) is 10.7 Å². The predicted octanol–water partition coefficient (Wildman–Crippen LogP) is 3.69. The fraction of sp³-hybridized carbons (Fsp3) is 0.400. The van der Waals surface area contributed by atoms with E-state index in [-0.39, 0.29) is 12.2 Å². The lowest BCUT2D eigenvalue weighted by Crippen LogP contribution is -2.39. The average molecular weight is 498 g/mol. The van der Waals surface area contributed by atoms with Crippen molar-refractivity contribution in [3.05, 3.63) is 71.2 Å². The minimum absolute atomic E-state index is 0.193. The van der Waals surface area contributed by atoms with Crippen LogP contribution in [0.2, 0.25) is 0 Å². The topological polar surface area (TPSA) is 77.0 Å². The van der Waals surface area contributed by atoms with Crippen molar-refractivity contribution in [3.63, 3.8) is 0 Å². The molecular formula is C25H27N3O4S2. The van der Waals surface area contributed by atoms with Crippen molar-refractivity contribution in [1.29, 1.82) is 0 Å². The monoisotopic (exact) mass is 497 g/mol. The molecule has 5 heterocycles. The van der Waals surface area contributed by atoms with E-state index in [0.717, 1.165) is 42.6 Å². The number of carbonyl (C=O) groups is 1. The Morgan fingerprint density at radius 1 is 1.29 bits per heavy atom. The Hall–Kier alpha value is -2.91. The zero-order valence-corrected chi connectivity index (χ0v) is 21.1. The summed E-state index contributed by atoms with van der Waals surface area (Å²) < 4.78 is 13.5. The van der Waals surface area contributed by atoms with Crippen molar-refractivity contribution in [3.8, 4) is 0 Å². The fourth-order valence-corrected chi connectivity index (χ4v) is 6.31. The highest BCUT2D eigenvalue weighted by molar-refractivity contribution is 7.10. The zero-order chi connectivity index (χ0) is 23.8.